The van der Waals surface area contributed by atoms with Crippen LogP contribution in [0.2, 0.25) is 0 Å². The number of hydrogen-bond acceptors (Lipinski definition) is 4. The maximum atomic E-state index is 9.69. The maximum absolute atomic E-state index is 9.69. The molecule has 2 aromatic rings. The van der Waals surface area contributed by atoms with Gasteiger partial charge < -0.3 is 9.84 Å². The lowest BCUT2D eigenvalue weighted by Crippen LogP contribution is -2.11. The third-order valence-electron chi connectivity index (χ3n) is 2.86. The average Bonchev–Trinajstić information content (AvgIpc) is 2.85. The van der Waals surface area contributed by atoms with Gasteiger partial charge in [-0.1, -0.05) is 18.2 Å². The number of para-hydroxylation sites is 1. The van der Waals surface area contributed by atoms with Gasteiger partial charge in [-0.05, 0) is 26.8 Å². The van der Waals surface area contributed by atoms with Crippen LogP contribution >= 0.6 is 0 Å². The van der Waals surface area contributed by atoms with Gasteiger partial charge in [0, 0.05) is 11.6 Å². The Balaban J connectivity index is 2.13. The molecule has 0 saturated heterocycles. The molecule has 2 rings (SSSR count). The molecule has 0 aliphatic heterocycles. The minimum absolute atomic E-state index is 0.244. The summed E-state index contributed by atoms with van der Waals surface area (Å²) >= 11 is 0. The monoisotopic (exact) mass is 261 g/mol. The van der Waals surface area contributed by atoms with E-state index >= 15 is 0 Å². The molecule has 1 aromatic heterocycles. The molecule has 5 heteroatoms. The van der Waals surface area contributed by atoms with Gasteiger partial charge in [-0.25, -0.2) is 9.67 Å². The van der Waals surface area contributed by atoms with Crippen LogP contribution in [0, 0.1) is 0 Å². The number of benzene rings is 1. The van der Waals surface area contributed by atoms with Crippen molar-refractivity contribution in [3.63, 3.8) is 0 Å². The smallest absolute Gasteiger partial charge is 0.165 e. The summed E-state index contributed by atoms with van der Waals surface area (Å²) in [5.74, 6) is 1.45. The van der Waals surface area contributed by atoms with E-state index in [-0.39, 0.29) is 6.04 Å². The quantitative estimate of drug-likeness (QED) is 0.898. The molecular formula is C14H19N3O2. The molecular weight excluding hydrogens is 242 g/mol. The van der Waals surface area contributed by atoms with Gasteiger partial charge in [-0.3, -0.25) is 0 Å². The Morgan fingerprint density at radius 3 is 2.68 bits per heavy atom. The molecule has 0 spiro atoms. The van der Waals surface area contributed by atoms with Crippen molar-refractivity contribution in [1.29, 1.82) is 0 Å². The van der Waals surface area contributed by atoms with Crippen LogP contribution in [-0.2, 0) is 6.61 Å². The van der Waals surface area contributed by atoms with Crippen molar-refractivity contribution in [1.82, 2.24) is 14.8 Å². The van der Waals surface area contributed by atoms with Crippen LogP contribution in [-0.4, -0.2) is 19.9 Å². The molecule has 0 unspecified atom stereocenters. The van der Waals surface area contributed by atoms with E-state index in [0.29, 0.717) is 12.4 Å². The highest BCUT2D eigenvalue weighted by atomic mass is 16.5. The Labute approximate surface area is 112 Å². The SMILES string of the molecule is CC(C)n1ncnc1COc1ccccc1[C@H](C)O. The molecule has 1 atom stereocenters. The Kier molecular flexibility index (Phi) is 4.16. The van der Waals surface area contributed by atoms with Crippen molar-refractivity contribution in [3.8, 4) is 5.75 Å². The topological polar surface area (TPSA) is 60.2 Å². The van der Waals surface area contributed by atoms with Gasteiger partial charge in [0.25, 0.3) is 0 Å². The third-order valence-corrected chi connectivity index (χ3v) is 2.86. The van der Waals surface area contributed by atoms with E-state index in [4.69, 9.17) is 4.74 Å². The van der Waals surface area contributed by atoms with Crippen molar-refractivity contribution < 1.29 is 9.84 Å². The van der Waals surface area contributed by atoms with Crippen LogP contribution < -0.4 is 4.74 Å². The van der Waals surface area contributed by atoms with Gasteiger partial charge in [0.1, 0.15) is 18.7 Å². The summed E-state index contributed by atoms with van der Waals surface area (Å²) in [5.41, 5.74) is 0.776. The number of nitrogens with zero attached hydrogens (tertiary/aromatic N) is 3. The summed E-state index contributed by atoms with van der Waals surface area (Å²) in [6, 6.07) is 7.71. The van der Waals surface area contributed by atoms with Crippen molar-refractivity contribution in [3.05, 3.63) is 42.0 Å². The predicted molar refractivity (Wildman–Crippen MR) is 71.8 cm³/mol. The van der Waals surface area contributed by atoms with Crippen molar-refractivity contribution in [2.45, 2.75) is 39.5 Å². The first kappa shape index (κ1) is 13.5. The highest BCUT2D eigenvalue weighted by Gasteiger charge is 2.11. The van der Waals surface area contributed by atoms with Gasteiger partial charge in [-0.15, -0.1) is 0 Å². The Bertz CT molecular complexity index is 535. The Morgan fingerprint density at radius 1 is 1.26 bits per heavy atom. The van der Waals surface area contributed by atoms with E-state index in [1.807, 2.05) is 42.8 Å². The average molecular weight is 261 g/mol. The summed E-state index contributed by atoms with van der Waals surface area (Å²) in [4.78, 5) is 4.19. The molecule has 1 N–H and O–H groups in total. The van der Waals surface area contributed by atoms with Crippen LogP contribution in [0.15, 0.2) is 30.6 Å². The van der Waals surface area contributed by atoms with Crippen molar-refractivity contribution >= 4 is 0 Å². The zero-order valence-electron chi connectivity index (χ0n) is 11.4. The largest absolute Gasteiger partial charge is 0.485 e. The number of rotatable bonds is 5. The Morgan fingerprint density at radius 2 is 2.00 bits per heavy atom. The lowest BCUT2D eigenvalue weighted by Gasteiger charge is -2.14. The molecule has 19 heavy (non-hydrogen) atoms. The van der Waals surface area contributed by atoms with Crippen LogP contribution in [0.5, 0.6) is 5.75 Å². The summed E-state index contributed by atoms with van der Waals surface area (Å²) < 4.78 is 7.57. The minimum Gasteiger partial charge on any atom is -0.485 e. The highest BCUT2D eigenvalue weighted by Crippen LogP contribution is 2.25. The fourth-order valence-corrected chi connectivity index (χ4v) is 1.91. The third kappa shape index (κ3) is 3.12. The number of hydrogen-bond donors (Lipinski definition) is 1. The molecule has 0 saturated carbocycles. The molecule has 0 radical (unpaired) electrons. The lowest BCUT2D eigenvalue weighted by atomic mass is 10.1. The standard InChI is InChI=1S/C14H19N3O2/c1-10(2)17-14(15-9-16-17)8-19-13-7-5-4-6-12(13)11(3)18/h4-7,9-11,18H,8H2,1-3H3/t11-/m0/s1. The molecule has 1 aromatic carbocycles. The second kappa shape index (κ2) is 5.84. The van der Waals surface area contributed by atoms with Gasteiger partial charge >= 0.3 is 0 Å². The molecule has 0 fully saturated rings. The fraction of sp³-hybridized carbons (Fsp3) is 0.429. The van der Waals surface area contributed by atoms with Crippen LogP contribution in [0.4, 0.5) is 0 Å². The predicted octanol–water partition coefficient (Wildman–Crippen LogP) is 2.49. The van der Waals surface area contributed by atoms with Crippen LogP contribution in [0.25, 0.3) is 0 Å². The molecule has 5 nitrogen and oxygen atoms in total. The molecule has 1 heterocycles. The number of aliphatic hydroxyl groups is 1. The van der Waals surface area contributed by atoms with Gasteiger partial charge in [0.15, 0.2) is 5.82 Å². The maximum Gasteiger partial charge on any atom is 0.165 e. The molecule has 0 aliphatic rings. The first-order valence-corrected chi connectivity index (χ1v) is 6.37. The summed E-state index contributed by atoms with van der Waals surface area (Å²) in [6.07, 6.45) is 0.971. The Hall–Kier alpha value is -1.88. The van der Waals surface area contributed by atoms with E-state index in [9.17, 15) is 5.11 Å². The molecule has 0 bridgehead atoms. The van der Waals surface area contributed by atoms with E-state index in [0.717, 1.165) is 11.4 Å². The first-order valence-electron chi connectivity index (χ1n) is 6.37. The minimum atomic E-state index is -0.556. The van der Waals surface area contributed by atoms with E-state index in [1.54, 1.807) is 6.92 Å². The number of aromatic nitrogens is 3. The van der Waals surface area contributed by atoms with Crippen molar-refractivity contribution in [2.75, 3.05) is 0 Å². The van der Waals surface area contributed by atoms with Crippen LogP contribution in [0.3, 0.4) is 0 Å². The van der Waals surface area contributed by atoms with Gasteiger partial charge in [0.2, 0.25) is 0 Å². The second-order valence-electron chi connectivity index (χ2n) is 4.72. The summed E-state index contributed by atoms with van der Waals surface area (Å²) in [6.45, 7) is 6.14. The van der Waals surface area contributed by atoms with Crippen molar-refractivity contribution in [2.24, 2.45) is 0 Å². The van der Waals surface area contributed by atoms with E-state index in [2.05, 4.69) is 10.1 Å². The van der Waals surface area contributed by atoms with E-state index < -0.39 is 6.10 Å². The summed E-state index contributed by atoms with van der Waals surface area (Å²) in [5, 5.41) is 13.9. The zero-order chi connectivity index (χ0) is 13.8. The van der Waals surface area contributed by atoms with Crippen LogP contribution in [0.1, 0.15) is 44.3 Å². The highest BCUT2D eigenvalue weighted by molar-refractivity contribution is 5.34. The van der Waals surface area contributed by atoms with E-state index in [1.165, 1.54) is 6.33 Å². The molecule has 102 valence electrons. The normalized spacial score (nSPS) is 12.7. The first-order chi connectivity index (χ1) is 9.09. The number of ether oxygens (including phenoxy) is 1. The summed E-state index contributed by atoms with van der Waals surface area (Å²) in [7, 11) is 0. The lowest BCUT2D eigenvalue weighted by molar-refractivity contribution is 0.188. The molecule has 0 aliphatic carbocycles. The number of aliphatic hydroxyl groups excluding tert-OH is 1. The van der Waals surface area contributed by atoms with Gasteiger partial charge in [0.05, 0.1) is 6.10 Å². The second-order valence-corrected chi connectivity index (χ2v) is 4.72. The fourth-order valence-electron chi connectivity index (χ4n) is 1.91. The molecule has 0 amide bonds. The zero-order valence-corrected chi connectivity index (χ0v) is 11.4. The van der Waals surface area contributed by atoms with Gasteiger partial charge in [-0.2, -0.15) is 5.10 Å².